The first-order valence-corrected chi connectivity index (χ1v) is 8.63. The van der Waals surface area contributed by atoms with Crippen LogP contribution in [0, 0.1) is 17.3 Å². The smallest absolute Gasteiger partial charge is 0.0327 e. The molecule has 0 aromatic heterocycles. The van der Waals surface area contributed by atoms with Crippen LogP contribution in [0.1, 0.15) is 67.2 Å². The van der Waals surface area contributed by atoms with Gasteiger partial charge in [0.15, 0.2) is 0 Å². The van der Waals surface area contributed by atoms with Crippen LogP contribution >= 0.6 is 0 Å². The fourth-order valence-corrected chi connectivity index (χ4v) is 4.00. The lowest BCUT2D eigenvalue weighted by atomic mass is 9.69. The Bertz CT molecular complexity index is 296. The molecule has 1 saturated carbocycles. The Labute approximate surface area is 126 Å². The lowest BCUT2D eigenvalue weighted by Crippen LogP contribution is -2.62. The molecule has 20 heavy (non-hydrogen) atoms. The third-order valence-corrected chi connectivity index (χ3v) is 5.18. The van der Waals surface area contributed by atoms with Crippen LogP contribution in [0.15, 0.2) is 0 Å². The minimum atomic E-state index is 0.265. The van der Waals surface area contributed by atoms with Gasteiger partial charge in [0, 0.05) is 31.2 Å². The van der Waals surface area contributed by atoms with Crippen molar-refractivity contribution in [3.05, 3.63) is 0 Å². The molecule has 0 radical (unpaired) electrons. The molecule has 1 aliphatic carbocycles. The lowest BCUT2D eigenvalue weighted by Gasteiger charge is -2.45. The fourth-order valence-electron chi connectivity index (χ4n) is 4.00. The third-order valence-electron chi connectivity index (χ3n) is 5.18. The predicted molar refractivity (Wildman–Crippen MR) is 88.0 cm³/mol. The number of hydrogen-bond acceptors (Lipinski definition) is 2. The van der Waals surface area contributed by atoms with Gasteiger partial charge in [-0.2, -0.15) is 0 Å². The molecule has 1 aliphatic heterocycles. The average molecular weight is 281 g/mol. The second kappa shape index (κ2) is 5.96. The van der Waals surface area contributed by atoms with Crippen molar-refractivity contribution in [1.82, 2.24) is 10.2 Å². The molecular formula is C18H36N2. The second-order valence-electron chi connectivity index (χ2n) is 9.39. The zero-order chi connectivity index (χ0) is 15.0. The van der Waals surface area contributed by atoms with Crippen LogP contribution in [0.25, 0.3) is 0 Å². The van der Waals surface area contributed by atoms with Crippen molar-refractivity contribution in [1.29, 1.82) is 0 Å². The molecule has 0 bridgehead atoms. The molecule has 1 saturated heterocycles. The Morgan fingerprint density at radius 1 is 0.900 bits per heavy atom. The number of nitrogens with one attached hydrogen (secondary N) is 1. The van der Waals surface area contributed by atoms with E-state index < -0.39 is 0 Å². The van der Waals surface area contributed by atoms with Crippen molar-refractivity contribution >= 4 is 0 Å². The largest absolute Gasteiger partial charge is 0.307 e. The van der Waals surface area contributed by atoms with Crippen LogP contribution in [0.4, 0.5) is 0 Å². The highest BCUT2D eigenvalue weighted by Gasteiger charge is 2.34. The first-order chi connectivity index (χ1) is 9.13. The first kappa shape index (κ1) is 16.3. The highest BCUT2D eigenvalue weighted by Crippen LogP contribution is 2.40. The van der Waals surface area contributed by atoms with Gasteiger partial charge in [-0.05, 0) is 63.7 Å². The third kappa shape index (κ3) is 4.73. The summed E-state index contributed by atoms with van der Waals surface area (Å²) in [6.07, 6.45) is 5.81. The molecule has 118 valence electrons. The normalized spacial score (nSPS) is 30.3. The summed E-state index contributed by atoms with van der Waals surface area (Å²) < 4.78 is 0. The van der Waals surface area contributed by atoms with Crippen molar-refractivity contribution in [2.45, 2.75) is 78.8 Å². The quantitative estimate of drug-likeness (QED) is 0.843. The highest BCUT2D eigenvalue weighted by atomic mass is 15.3. The Kier molecular flexibility index (Phi) is 4.86. The van der Waals surface area contributed by atoms with E-state index in [1.165, 1.54) is 45.3 Å². The van der Waals surface area contributed by atoms with Gasteiger partial charge in [-0.15, -0.1) is 0 Å². The van der Waals surface area contributed by atoms with Gasteiger partial charge in [0.2, 0.25) is 0 Å². The molecule has 2 nitrogen and oxygen atoms in total. The van der Waals surface area contributed by atoms with Crippen LogP contribution in [0.3, 0.4) is 0 Å². The summed E-state index contributed by atoms with van der Waals surface area (Å²) in [5, 5.41) is 3.71. The molecule has 2 heteroatoms. The van der Waals surface area contributed by atoms with E-state index in [4.69, 9.17) is 0 Å². The van der Waals surface area contributed by atoms with Gasteiger partial charge in [0.25, 0.3) is 0 Å². The Morgan fingerprint density at radius 2 is 1.45 bits per heavy atom. The molecule has 1 N–H and O–H groups in total. The Morgan fingerprint density at radius 3 is 1.90 bits per heavy atom. The van der Waals surface area contributed by atoms with Gasteiger partial charge in [-0.1, -0.05) is 20.8 Å². The van der Waals surface area contributed by atoms with Gasteiger partial charge in [0.1, 0.15) is 0 Å². The summed E-state index contributed by atoms with van der Waals surface area (Å²) in [7, 11) is 0. The Hall–Kier alpha value is -0.0800. The van der Waals surface area contributed by atoms with Crippen LogP contribution in [-0.4, -0.2) is 36.1 Å². The highest BCUT2D eigenvalue weighted by molar-refractivity contribution is 4.91. The van der Waals surface area contributed by atoms with E-state index in [0.717, 1.165) is 17.9 Å². The molecular weight excluding hydrogens is 244 g/mol. The van der Waals surface area contributed by atoms with Crippen LogP contribution < -0.4 is 5.32 Å². The van der Waals surface area contributed by atoms with Crippen molar-refractivity contribution < 1.29 is 0 Å². The Balaban J connectivity index is 1.63. The van der Waals surface area contributed by atoms with Gasteiger partial charge in [0.05, 0.1) is 0 Å². The zero-order valence-corrected chi connectivity index (χ0v) is 14.6. The molecule has 2 fully saturated rings. The maximum absolute atomic E-state index is 3.71. The average Bonchev–Trinajstić information content (AvgIpc) is 2.24. The summed E-state index contributed by atoms with van der Waals surface area (Å²) in [4.78, 5) is 2.66. The molecule has 1 heterocycles. The van der Waals surface area contributed by atoms with E-state index >= 15 is 0 Å². The topological polar surface area (TPSA) is 15.3 Å². The van der Waals surface area contributed by atoms with Gasteiger partial charge >= 0.3 is 0 Å². The molecule has 0 atom stereocenters. The lowest BCUT2D eigenvalue weighted by molar-refractivity contribution is 0.0663. The van der Waals surface area contributed by atoms with Gasteiger partial charge in [-0.25, -0.2) is 0 Å². The van der Waals surface area contributed by atoms with E-state index in [-0.39, 0.29) is 5.54 Å². The van der Waals surface area contributed by atoms with E-state index in [1.54, 1.807) is 0 Å². The second-order valence-corrected chi connectivity index (χ2v) is 9.39. The molecule has 0 amide bonds. The maximum atomic E-state index is 3.71. The van der Waals surface area contributed by atoms with Crippen LogP contribution in [0.5, 0.6) is 0 Å². The van der Waals surface area contributed by atoms with Crippen molar-refractivity contribution in [3.8, 4) is 0 Å². The van der Waals surface area contributed by atoms with Crippen LogP contribution in [0.2, 0.25) is 0 Å². The molecule has 0 aromatic rings. The number of rotatable bonds is 3. The first-order valence-electron chi connectivity index (χ1n) is 8.63. The van der Waals surface area contributed by atoms with E-state index in [9.17, 15) is 0 Å². The number of nitrogens with zero attached hydrogens (tertiary/aromatic N) is 1. The monoisotopic (exact) mass is 280 g/mol. The van der Waals surface area contributed by atoms with Crippen molar-refractivity contribution in [2.75, 3.05) is 19.6 Å². The summed E-state index contributed by atoms with van der Waals surface area (Å²) >= 11 is 0. The minimum absolute atomic E-state index is 0.265. The van der Waals surface area contributed by atoms with Gasteiger partial charge < -0.3 is 5.32 Å². The summed E-state index contributed by atoms with van der Waals surface area (Å²) in [6.45, 7) is 17.9. The summed E-state index contributed by atoms with van der Waals surface area (Å²) in [5.74, 6) is 1.91. The van der Waals surface area contributed by atoms with E-state index in [0.29, 0.717) is 5.41 Å². The summed E-state index contributed by atoms with van der Waals surface area (Å²) in [6, 6.07) is 0.723. The summed E-state index contributed by atoms with van der Waals surface area (Å²) in [5.41, 5.74) is 0.783. The predicted octanol–water partition coefficient (Wildman–Crippen LogP) is 3.91. The minimum Gasteiger partial charge on any atom is -0.307 e. The van der Waals surface area contributed by atoms with Crippen molar-refractivity contribution in [3.63, 3.8) is 0 Å². The molecule has 0 unspecified atom stereocenters. The zero-order valence-electron chi connectivity index (χ0n) is 14.6. The molecule has 0 spiro atoms. The number of likely N-dealkylation sites (tertiary alicyclic amines) is 1. The van der Waals surface area contributed by atoms with Crippen LogP contribution in [-0.2, 0) is 0 Å². The molecule has 2 aliphatic rings. The fraction of sp³-hybridized carbons (Fsp3) is 1.00. The standard InChI is InChI=1S/C18H36N2/c1-17(2,3)15-9-7-14(8-10-15)11-20-12-16(13-20)19-18(4,5)6/h14-16,19H,7-13H2,1-6H3. The van der Waals surface area contributed by atoms with E-state index in [2.05, 4.69) is 51.8 Å². The van der Waals surface area contributed by atoms with Crippen molar-refractivity contribution in [2.24, 2.45) is 17.3 Å². The SMILES string of the molecule is CC(C)(C)NC1CN(CC2CCC(C(C)(C)C)CC2)C1. The maximum Gasteiger partial charge on any atom is 0.0327 e. The molecule has 0 aromatic carbocycles. The number of hydrogen-bond donors (Lipinski definition) is 1. The molecule has 2 rings (SSSR count). The van der Waals surface area contributed by atoms with Gasteiger partial charge in [-0.3, -0.25) is 4.90 Å². The van der Waals surface area contributed by atoms with E-state index in [1.807, 2.05) is 0 Å².